The van der Waals surface area contributed by atoms with Gasteiger partial charge in [-0.3, -0.25) is 0 Å². The van der Waals surface area contributed by atoms with E-state index in [4.69, 9.17) is 0 Å². The molecule has 0 rings (SSSR count). The molecule has 0 bridgehead atoms. The van der Waals surface area contributed by atoms with Crippen LogP contribution >= 0.6 is 0 Å². The topological polar surface area (TPSA) is 0 Å². The molecular weight excluding hydrogens is 186 g/mol. The molecule has 58 valence electrons. The Bertz CT molecular complexity index is 25.0. The fourth-order valence-electron chi connectivity index (χ4n) is 0. The van der Waals surface area contributed by atoms with Gasteiger partial charge >= 0.3 is 23.1 Å². The van der Waals surface area contributed by atoms with Crippen LogP contribution in [-0.4, -0.2) is 23.1 Å². The molecular formula is C8H22MgZn. The van der Waals surface area contributed by atoms with E-state index < -0.39 is 0 Å². The summed E-state index contributed by atoms with van der Waals surface area (Å²) in [6.07, 6.45) is 5.28. The monoisotopic (exact) mass is 206 g/mol. The second-order valence-corrected chi connectivity index (χ2v) is 2.00. The van der Waals surface area contributed by atoms with Crippen molar-refractivity contribution in [1.29, 1.82) is 0 Å². The molecule has 0 saturated carbocycles. The predicted octanol–water partition coefficient (Wildman–Crippen LogP) is 3.45. The standard InChI is InChI=1S/2C4H10.Mg.Zn.2H/c2*1-3-4-2;;;;/h2*3-4H2,1-2H3;;;;/q;;+2;;2*-1. The van der Waals surface area contributed by atoms with Crippen molar-refractivity contribution in [2.45, 2.75) is 53.4 Å². The average molecular weight is 208 g/mol. The summed E-state index contributed by atoms with van der Waals surface area (Å²) in [6, 6.07) is 0. The Morgan fingerprint density at radius 3 is 0.800 bits per heavy atom. The third kappa shape index (κ3) is 57.5. The van der Waals surface area contributed by atoms with E-state index in [0.717, 1.165) is 0 Å². The number of unbranched alkanes of at least 4 members (excludes halogenated alkanes) is 2. The molecule has 0 radical (unpaired) electrons. The molecule has 0 spiro atoms. The first-order chi connectivity index (χ1) is 3.83. The van der Waals surface area contributed by atoms with Crippen LogP contribution in [0.2, 0.25) is 0 Å². The normalized spacial score (nSPS) is 6.00. The maximum atomic E-state index is 2.18. The van der Waals surface area contributed by atoms with Crippen LogP contribution in [0.1, 0.15) is 56.2 Å². The molecule has 0 amide bonds. The number of hydrogen-bond donors (Lipinski definition) is 0. The summed E-state index contributed by atoms with van der Waals surface area (Å²) in [5, 5.41) is 0. The zero-order valence-electron chi connectivity index (χ0n) is 10.2. The van der Waals surface area contributed by atoms with E-state index in [9.17, 15) is 0 Å². The molecule has 0 N–H and O–H groups in total. The molecule has 0 aliphatic carbocycles. The van der Waals surface area contributed by atoms with Crippen molar-refractivity contribution in [2.75, 3.05) is 0 Å². The molecule has 0 fully saturated rings. The van der Waals surface area contributed by atoms with E-state index in [1.165, 1.54) is 25.7 Å². The first-order valence-corrected chi connectivity index (χ1v) is 3.83. The summed E-state index contributed by atoms with van der Waals surface area (Å²) >= 11 is 0. The van der Waals surface area contributed by atoms with Crippen molar-refractivity contribution in [2.24, 2.45) is 0 Å². The Hall–Kier alpha value is 1.39. The number of hydrogen-bond acceptors (Lipinski definition) is 0. The first kappa shape index (κ1) is 22.5. The van der Waals surface area contributed by atoms with Crippen LogP contribution < -0.4 is 0 Å². The van der Waals surface area contributed by atoms with E-state index in [2.05, 4.69) is 27.7 Å². The fourth-order valence-corrected chi connectivity index (χ4v) is 0. The molecule has 0 unspecified atom stereocenters. The molecule has 0 aromatic rings. The maximum Gasteiger partial charge on any atom is 2.00 e. The second-order valence-electron chi connectivity index (χ2n) is 2.00. The predicted molar refractivity (Wildman–Crippen MR) is 49.1 cm³/mol. The van der Waals surface area contributed by atoms with Gasteiger partial charge in [0, 0.05) is 19.5 Å². The quantitative estimate of drug-likeness (QED) is 0.609. The minimum atomic E-state index is 0. The molecule has 10 heavy (non-hydrogen) atoms. The van der Waals surface area contributed by atoms with Gasteiger partial charge < -0.3 is 2.85 Å². The van der Waals surface area contributed by atoms with Crippen LogP contribution in [0.3, 0.4) is 0 Å². The van der Waals surface area contributed by atoms with Crippen molar-refractivity contribution in [3.63, 3.8) is 0 Å². The van der Waals surface area contributed by atoms with E-state index in [-0.39, 0.29) is 45.4 Å². The Kier molecular flexibility index (Phi) is 71.0. The van der Waals surface area contributed by atoms with E-state index in [0.29, 0.717) is 0 Å². The molecule has 0 heterocycles. The van der Waals surface area contributed by atoms with Crippen molar-refractivity contribution >= 4 is 23.1 Å². The fraction of sp³-hybridized carbons (Fsp3) is 1.00. The Balaban J connectivity index is -0.0000000112. The van der Waals surface area contributed by atoms with Gasteiger partial charge in [0.15, 0.2) is 0 Å². The van der Waals surface area contributed by atoms with E-state index >= 15 is 0 Å². The van der Waals surface area contributed by atoms with Crippen molar-refractivity contribution in [1.82, 2.24) is 0 Å². The first-order valence-electron chi connectivity index (χ1n) is 3.83. The third-order valence-corrected chi connectivity index (χ3v) is 1.000. The smallest absolute Gasteiger partial charge is 1.00 e. The molecule has 0 aliphatic rings. The van der Waals surface area contributed by atoms with Gasteiger partial charge in [-0.2, -0.15) is 0 Å². The van der Waals surface area contributed by atoms with Crippen LogP contribution in [0.25, 0.3) is 0 Å². The Labute approximate surface area is 98.4 Å². The summed E-state index contributed by atoms with van der Waals surface area (Å²) in [5.41, 5.74) is 0. The SMILES string of the molecule is CCCC.CCCC.[H-].[H-].[Mg+2].[Zn]. The Morgan fingerprint density at radius 1 is 0.700 bits per heavy atom. The summed E-state index contributed by atoms with van der Waals surface area (Å²) in [4.78, 5) is 0. The molecule has 0 saturated heterocycles. The summed E-state index contributed by atoms with van der Waals surface area (Å²) in [5.74, 6) is 0. The third-order valence-electron chi connectivity index (χ3n) is 1.000. The van der Waals surface area contributed by atoms with Crippen LogP contribution in [0.5, 0.6) is 0 Å². The molecule has 0 nitrogen and oxygen atoms in total. The van der Waals surface area contributed by atoms with Gasteiger partial charge in [0.2, 0.25) is 0 Å². The average Bonchev–Trinajstić information content (AvgIpc) is 1.88. The Morgan fingerprint density at radius 2 is 0.800 bits per heavy atom. The van der Waals surface area contributed by atoms with E-state index in [1.54, 1.807) is 0 Å². The van der Waals surface area contributed by atoms with E-state index in [1.807, 2.05) is 0 Å². The molecule has 2 heteroatoms. The van der Waals surface area contributed by atoms with Gasteiger partial charge in [0.05, 0.1) is 0 Å². The zero-order chi connectivity index (χ0) is 6.83. The largest absolute Gasteiger partial charge is 2.00 e. The summed E-state index contributed by atoms with van der Waals surface area (Å²) < 4.78 is 0. The van der Waals surface area contributed by atoms with Crippen molar-refractivity contribution < 1.29 is 22.3 Å². The van der Waals surface area contributed by atoms with Gasteiger partial charge in [-0.25, -0.2) is 0 Å². The summed E-state index contributed by atoms with van der Waals surface area (Å²) in [7, 11) is 0. The number of rotatable bonds is 2. The van der Waals surface area contributed by atoms with Crippen LogP contribution in [0.15, 0.2) is 0 Å². The second kappa shape index (κ2) is 31.5. The zero-order valence-corrected chi connectivity index (χ0v) is 12.6. The molecule has 0 aliphatic heterocycles. The van der Waals surface area contributed by atoms with Crippen molar-refractivity contribution in [3.05, 3.63) is 0 Å². The van der Waals surface area contributed by atoms with Gasteiger partial charge in [0.25, 0.3) is 0 Å². The summed E-state index contributed by atoms with van der Waals surface area (Å²) in [6.45, 7) is 8.72. The minimum Gasteiger partial charge on any atom is -1.00 e. The van der Waals surface area contributed by atoms with Crippen LogP contribution in [-0.2, 0) is 19.5 Å². The maximum absolute atomic E-state index is 2.18. The van der Waals surface area contributed by atoms with Gasteiger partial charge in [-0.05, 0) is 0 Å². The molecule has 0 atom stereocenters. The van der Waals surface area contributed by atoms with Gasteiger partial charge in [-0.1, -0.05) is 53.4 Å². The van der Waals surface area contributed by atoms with Crippen LogP contribution in [0, 0.1) is 0 Å². The van der Waals surface area contributed by atoms with Crippen LogP contribution in [0.4, 0.5) is 0 Å². The van der Waals surface area contributed by atoms with Crippen molar-refractivity contribution in [3.8, 4) is 0 Å². The minimum absolute atomic E-state index is 0. The molecule has 0 aromatic carbocycles. The van der Waals surface area contributed by atoms with Gasteiger partial charge in [-0.15, -0.1) is 0 Å². The molecule has 0 aromatic heterocycles. The van der Waals surface area contributed by atoms with Gasteiger partial charge in [0.1, 0.15) is 0 Å².